The fourth-order valence-electron chi connectivity index (χ4n) is 6.18. The van der Waals surface area contributed by atoms with Crippen LogP contribution in [-0.2, 0) is 33.6 Å². The van der Waals surface area contributed by atoms with E-state index in [0.717, 1.165) is 28.4 Å². The second-order valence-electron chi connectivity index (χ2n) is 11.2. The van der Waals surface area contributed by atoms with Crippen LogP contribution in [0.1, 0.15) is 21.5 Å². The third-order valence-electron chi connectivity index (χ3n) is 8.40. The number of carbonyl (C=O) groups is 3. The van der Waals surface area contributed by atoms with Crippen molar-refractivity contribution in [3.63, 3.8) is 0 Å². The number of alkyl halides is 3. The molecule has 0 radical (unpaired) electrons. The van der Waals surface area contributed by atoms with Gasteiger partial charge in [0, 0.05) is 65.3 Å². The quantitative estimate of drug-likeness (QED) is 0.121. The highest BCUT2D eigenvalue weighted by Crippen LogP contribution is 2.41. The summed E-state index contributed by atoms with van der Waals surface area (Å²) in [6.45, 7) is -0.0221. The van der Waals surface area contributed by atoms with E-state index in [0.29, 0.717) is 29.7 Å². The first-order valence-electron chi connectivity index (χ1n) is 14.5. The molecule has 2 aliphatic heterocycles. The van der Waals surface area contributed by atoms with E-state index in [4.69, 9.17) is 9.47 Å². The van der Waals surface area contributed by atoms with Crippen LogP contribution in [0.25, 0.3) is 21.8 Å². The number of aromatic amines is 1. The van der Waals surface area contributed by atoms with Crippen molar-refractivity contribution in [1.82, 2.24) is 9.55 Å². The molecule has 0 spiro atoms. The lowest BCUT2D eigenvalue weighted by Crippen LogP contribution is -2.31. The molecular weight excluding hydrogens is 623 g/mol. The molecule has 3 N–H and O–H groups in total. The van der Waals surface area contributed by atoms with Crippen LogP contribution in [0.15, 0.2) is 67.0 Å². The number of non-ortho nitro benzene ring substituents is 1. The predicted molar refractivity (Wildman–Crippen MR) is 163 cm³/mol. The van der Waals surface area contributed by atoms with Crippen molar-refractivity contribution in [2.24, 2.45) is 0 Å². The minimum absolute atomic E-state index is 0.0175. The molecule has 2 aromatic heterocycles. The maximum Gasteiger partial charge on any atom is 0.491 e. The first-order chi connectivity index (χ1) is 22.5. The number of nitrogens with one attached hydrogen (secondary N) is 3. The van der Waals surface area contributed by atoms with E-state index in [9.17, 15) is 37.7 Å². The topological polar surface area (TPSA) is 158 Å². The standard InChI is InChI=1S/C32H24F3N5O7/c33-32(34,35)31(43)47-27-15-39(29(41)24-13-19-18-9-11-36-21(18)5-6-22(19)37-24)26-8-7-23-20(28(26)27)14-25(38-23)30(42)46-12-10-16-1-3-17(4-2-16)40(44)45/h1-9,11,15,24-25,36-38H,10,12-14H2. The lowest BCUT2D eigenvalue weighted by atomic mass is 10.0. The van der Waals surface area contributed by atoms with Gasteiger partial charge in [0.05, 0.1) is 23.2 Å². The van der Waals surface area contributed by atoms with Crippen LogP contribution in [-0.4, -0.2) is 57.2 Å². The normalized spacial score (nSPS) is 16.7. The van der Waals surface area contributed by atoms with Crippen molar-refractivity contribution in [3.8, 4) is 5.75 Å². The van der Waals surface area contributed by atoms with Crippen LogP contribution >= 0.6 is 0 Å². The van der Waals surface area contributed by atoms with Crippen molar-refractivity contribution in [2.75, 3.05) is 17.2 Å². The summed E-state index contributed by atoms with van der Waals surface area (Å²) in [7, 11) is 0. The van der Waals surface area contributed by atoms with Gasteiger partial charge in [-0.3, -0.25) is 19.5 Å². The molecule has 15 heteroatoms. The van der Waals surface area contributed by atoms with E-state index in [1.807, 2.05) is 18.2 Å². The smallest absolute Gasteiger partial charge is 0.464 e. The Balaban J connectivity index is 1.14. The van der Waals surface area contributed by atoms with Gasteiger partial charge in [0.2, 0.25) is 0 Å². The number of nitro benzene ring substituents is 1. The lowest BCUT2D eigenvalue weighted by Gasteiger charge is -2.12. The van der Waals surface area contributed by atoms with E-state index < -0.39 is 46.8 Å². The third-order valence-corrected chi connectivity index (χ3v) is 8.40. The number of hydrogen-bond donors (Lipinski definition) is 3. The summed E-state index contributed by atoms with van der Waals surface area (Å²) >= 11 is 0. The number of ether oxygens (including phenoxy) is 2. The molecule has 12 nitrogen and oxygen atoms in total. The second kappa shape index (κ2) is 11.2. The van der Waals surface area contributed by atoms with Crippen LogP contribution < -0.4 is 15.4 Å². The Hall–Kier alpha value is -5.86. The highest BCUT2D eigenvalue weighted by molar-refractivity contribution is 6.05. The number of nitrogens with zero attached hydrogens (tertiary/aromatic N) is 2. The average Bonchev–Trinajstić information content (AvgIpc) is 3.84. The Morgan fingerprint density at radius 2 is 1.64 bits per heavy atom. The van der Waals surface area contributed by atoms with Gasteiger partial charge in [-0.15, -0.1) is 0 Å². The zero-order valence-corrected chi connectivity index (χ0v) is 24.2. The van der Waals surface area contributed by atoms with E-state index in [-0.39, 0.29) is 29.6 Å². The predicted octanol–water partition coefficient (Wildman–Crippen LogP) is 5.30. The highest BCUT2D eigenvalue weighted by atomic mass is 19.4. The Bertz CT molecular complexity index is 2100. The van der Waals surface area contributed by atoms with Gasteiger partial charge in [-0.1, -0.05) is 12.1 Å². The Morgan fingerprint density at radius 1 is 0.936 bits per heavy atom. The van der Waals surface area contributed by atoms with Crippen LogP contribution in [0.3, 0.4) is 0 Å². The monoisotopic (exact) mass is 647 g/mol. The van der Waals surface area contributed by atoms with Gasteiger partial charge in [-0.25, -0.2) is 9.59 Å². The van der Waals surface area contributed by atoms with Gasteiger partial charge in [0.1, 0.15) is 12.1 Å². The fourth-order valence-corrected chi connectivity index (χ4v) is 6.18. The average molecular weight is 648 g/mol. The van der Waals surface area contributed by atoms with E-state index >= 15 is 0 Å². The number of H-pyrrole nitrogens is 1. The first-order valence-corrected chi connectivity index (χ1v) is 14.5. The maximum absolute atomic E-state index is 13.9. The maximum atomic E-state index is 13.9. The molecular formula is C32H24F3N5O7. The number of rotatable bonds is 7. The molecule has 2 atom stereocenters. The largest absolute Gasteiger partial charge is 0.491 e. The Kier molecular flexibility index (Phi) is 7.10. The number of esters is 2. The molecule has 3 aromatic carbocycles. The van der Waals surface area contributed by atoms with Gasteiger partial charge < -0.3 is 25.1 Å². The summed E-state index contributed by atoms with van der Waals surface area (Å²) in [6, 6.07) is 12.9. The van der Waals surface area contributed by atoms with Gasteiger partial charge in [-0.05, 0) is 47.0 Å². The van der Waals surface area contributed by atoms with Crippen molar-refractivity contribution in [2.45, 2.75) is 37.5 Å². The molecule has 0 saturated heterocycles. The number of aromatic nitrogens is 2. The SMILES string of the molecule is O=C(OCCc1ccc([N+](=O)[O-])cc1)C1Cc2c(ccc3c2c(OC(=O)C(F)(F)F)cn3C(=O)C2Cc3c(ccc4[nH]ccc34)N2)N1. The van der Waals surface area contributed by atoms with Gasteiger partial charge in [0.25, 0.3) is 11.6 Å². The fraction of sp³-hybridized carbons (Fsp3) is 0.219. The summed E-state index contributed by atoms with van der Waals surface area (Å²) in [5.74, 6) is -4.03. The van der Waals surface area contributed by atoms with Crippen LogP contribution in [0.2, 0.25) is 0 Å². The molecule has 47 heavy (non-hydrogen) atoms. The summed E-state index contributed by atoms with van der Waals surface area (Å²) in [4.78, 5) is 52.2. The minimum atomic E-state index is -5.29. The Morgan fingerprint density at radius 3 is 2.38 bits per heavy atom. The van der Waals surface area contributed by atoms with Crippen molar-refractivity contribution >= 4 is 56.7 Å². The van der Waals surface area contributed by atoms with E-state index in [1.54, 1.807) is 24.4 Å². The van der Waals surface area contributed by atoms with E-state index in [1.165, 1.54) is 22.8 Å². The second-order valence-corrected chi connectivity index (χ2v) is 11.2. The molecule has 0 bridgehead atoms. The van der Waals surface area contributed by atoms with Crippen molar-refractivity contribution in [1.29, 1.82) is 0 Å². The van der Waals surface area contributed by atoms with Crippen molar-refractivity contribution < 1.29 is 42.0 Å². The molecule has 0 fully saturated rings. The van der Waals surface area contributed by atoms with Crippen LogP contribution in [0.5, 0.6) is 5.75 Å². The molecule has 2 aliphatic rings. The number of hydrogen-bond acceptors (Lipinski definition) is 9. The molecule has 0 amide bonds. The third kappa shape index (κ3) is 5.38. The van der Waals surface area contributed by atoms with Crippen LogP contribution in [0, 0.1) is 10.1 Å². The number of nitro groups is 1. The summed E-state index contributed by atoms with van der Waals surface area (Å²) in [5.41, 5.74) is 4.22. The van der Waals surface area contributed by atoms with Gasteiger partial charge in [-0.2, -0.15) is 13.2 Å². The number of anilines is 2. The van der Waals surface area contributed by atoms with E-state index in [2.05, 4.69) is 15.6 Å². The summed E-state index contributed by atoms with van der Waals surface area (Å²) in [6.07, 6.45) is -1.83. The lowest BCUT2D eigenvalue weighted by molar-refractivity contribution is -0.384. The van der Waals surface area contributed by atoms with Crippen molar-refractivity contribution in [3.05, 3.63) is 93.8 Å². The summed E-state index contributed by atoms with van der Waals surface area (Å²) < 4.78 is 51.2. The minimum Gasteiger partial charge on any atom is -0.464 e. The number of benzene rings is 3. The molecule has 0 aliphatic carbocycles. The number of fused-ring (bicyclic) bond motifs is 6. The molecule has 240 valence electrons. The molecule has 5 aromatic rings. The number of carbonyl (C=O) groups excluding carboxylic acids is 3. The summed E-state index contributed by atoms with van der Waals surface area (Å²) in [5, 5.41) is 18.1. The molecule has 4 heterocycles. The number of halogens is 3. The van der Waals surface area contributed by atoms with Gasteiger partial charge in [0.15, 0.2) is 5.75 Å². The molecule has 7 rings (SSSR count). The Labute approximate surface area is 262 Å². The molecule has 2 unspecified atom stereocenters. The van der Waals surface area contributed by atoms with Crippen LogP contribution in [0.4, 0.5) is 30.2 Å². The molecule has 0 saturated carbocycles. The highest BCUT2D eigenvalue weighted by Gasteiger charge is 2.43. The van der Waals surface area contributed by atoms with Gasteiger partial charge >= 0.3 is 18.1 Å². The zero-order chi connectivity index (χ0) is 33.0. The zero-order valence-electron chi connectivity index (χ0n) is 24.2. The first kappa shape index (κ1) is 29.8.